The normalized spacial score (nSPS) is 10.3. The number of amides is 1. The Balaban J connectivity index is 2.14. The molecule has 0 aliphatic carbocycles. The summed E-state index contributed by atoms with van der Waals surface area (Å²) in [6, 6.07) is 5.34. The Kier molecular flexibility index (Phi) is 3.66. The highest BCUT2D eigenvalue weighted by Crippen LogP contribution is 2.22. The molecular weight excluding hydrogens is 296 g/mol. The maximum atomic E-state index is 12.0. The molecule has 5 nitrogen and oxygen atoms in total. The second-order valence-electron chi connectivity index (χ2n) is 3.93. The van der Waals surface area contributed by atoms with Crippen LogP contribution in [-0.4, -0.2) is 16.1 Å². The van der Waals surface area contributed by atoms with Crippen LogP contribution >= 0.6 is 15.9 Å². The summed E-state index contributed by atoms with van der Waals surface area (Å²) in [4.78, 5) is 12.0. The fourth-order valence-corrected chi connectivity index (χ4v) is 2.07. The molecule has 2 rings (SSSR count). The third kappa shape index (κ3) is 2.70. The number of carbonyl (C=O) groups excluding carboxylic acids is 1. The number of nitrogens with two attached hydrogens (primary N) is 1. The van der Waals surface area contributed by atoms with Crippen molar-refractivity contribution in [2.45, 2.75) is 13.5 Å². The van der Waals surface area contributed by atoms with Crippen LogP contribution in [0.4, 0.5) is 5.69 Å². The van der Waals surface area contributed by atoms with Gasteiger partial charge in [0.25, 0.3) is 5.91 Å². The summed E-state index contributed by atoms with van der Waals surface area (Å²) in [7, 11) is 0. The Labute approximate surface area is 113 Å². The minimum Gasteiger partial charge on any atom is -0.398 e. The number of nitrogens with one attached hydrogen (secondary N) is 2. The zero-order valence-electron chi connectivity index (χ0n) is 9.83. The maximum Gasteiger partial charge on any atom is 0.251 e. The van der Waals surface area contributed by atoms with Crippen LogP contribution in [0.5, 0.6) is 0 Å². The van der Waals surface area contributed by atoms with Crippen molar-refractivity contribution in [3.05, 3.63) is 45.7 Å². The molecule has 0 aliphatic heterocycles. The van der Waals surface area contributed by atoms with Crippen molar-refractivity contribution in [2.24, 2.45) is 0 Å². The number of rotatable bonds is 3. The Morgan fingerprint density at radius 1 is 1.56 bits per heavy atom. The lowest BCUT2D eigenvalue weighted by molar-refractivity contribution is 0.0950. The van der Waals surface area contributed by atoms with Gasteiger partial charge in [-0.3, -0.25) is 9.89 Å². The first kappa shape index (κ1) is 12.6. The number of carbonyl (C=O) groups is 1. The van der Waals surface area contributed by atoms with Gasteiger partial charge in [-0.2, -0.15) is 5.10 Å². The molecule has 1 heterocycles. The summed E-state index contributed by atoms with van der Waals surface area (Å²) < 4.78 is 0.789. The van der Waals surface area contributed by atoms with Crippen LogP contribution in [0, 0.1) is 6.92 Å². The molecule has 0 saturated heterocycles. The number of nitrogens with zero attached hydrogens (tertiary/aromatic N) is 1. The van der Waals surface area contributed by atoms with Crippen molar-refractivity contribution in [3.8, 4) is 0 Å². The summed E-state index contributed by atoms with van der Waals surface area (Å²) in [5.74, 6) is -0.157. The van der Waals surface area contributed by atoms with Gasteiger partial charge in [-0.25, -0.2) is 0 Å². The van der Waals surface area contributed by atoms with Crippen LogP contribution in [0.15, 0.2) is 28.9 Å². The summed E-state index contributed by atoms with van der Waals surface area (Å²) in [6.45, 7) is 2.23. The van der Waals surface area contributed by atoms with Crippen LogP contribution in [0.1, 0.15) is 21.6 Å². The van der Waals surface area contributed by atoms with Gasteiger partial charge in [0.05, 0.1) is 12.2 Å². The van der Waals surface area contributed by atoms with Gasteiger partial charge in [0.15, 0.2) is 0 Å². The fourth-order valence-electron chi connectivity index (χ4n) is 1.59. The molecule has 0 fully saturated rings. The van der Waals surface area contributed by atoms with Gasteiger partial charge in [-0.15, -0.1) is 0 Å². The van der Waals surface area contributed by atoms with Gasteiger partial charge in [0.2, 0.25) is 0 Å². The third-order valence-electron chi connectivity index (χ3n) is 2.66. The number of hydrogen-bond acceptors (Lipinski definition) is 3. The topological polar surface area (TPSA) is 83.8 Å². The van der Waals surface area contributed by atoms with Gasteiger partial charge in [-0.1, -0.05) is 15.9 Å². The number of halogens is 1. The average molecular weight is 309 g/mol. The van der Waals surface area contributed by atoms with Crippen molar-refractivity contribution in [2.75, 3.05) is 5.73 Å². The number of aromatic nitrogens is 2. The van der Waals surface area contributed by atoms with Gasteiger partial charge in [-0.05, 0) is 30.7 Å². The Hall–Kier alpha value is -1.82. The number of hydrogen-bond donors (Lipinski definition) is 3. The highest BCUT2D eigenvalue weighted by atomic mass is 79.9. The summed E-state index contributed by atoms with van der Waals surface area (Å²) in [6.07, 6.45) is 1.64. The van der Waals surface area contributed by atoms with E-state index in [4.69, 9.17) is 5.73 Å². The molecule has 0 bridgehead atoms. The minimum absolute atomic E-state index is 0.157. The molecule has 18 heavy (non-hydrogen) atoms. The number of benzene rings is 1. The second kappa shape index (κ2) is 5.22. The molecule has 2 aromatic rings. The number of H-pyrrole nitrogens is 1. The van der Waals surface area contributed by atoms with E-state index in [9.17, 15) is 4.79 Å². The van der Waals surface area contributed by atoms with E-state index in [1.165, 1.54) is 0 Å². The van der Waals surface area contributed by atoms with Crippen molar-refractivity contribution in [1.29, 1.82) is 0 Å². The van der Waals surface area contributed by atoms with Crippen molar-refractivity contribution in [1.82, 2.24) is 15.5 Å². The Morgan fingerprint density at radius 2 is 2.33 bits per heavy atom. The van der Waals surface area contributed by atoms with Gasteiger partial charge in [0.1, 0.15) is 0 Å². The van der Waals surface area contributed by atoms with E-state index in [1.54, 1.807) is 18.3 Å². The smallest absolute Gasteiger partial charge is 0.251 e. The molecule has 1 aromatic heterocycles. The average Bonchev–Trinajstić information content (AvgIpc) is 2.83. The second-order valence-corrected chi connectivity index (χ2v) is 4.85. The van der Waals surface area contributed by atoms with Gasteiger partial charge < -0.3 is 11.1 Å². The first-order valence-electron chi connectivity index (χ1n) is 5.40. The Bertz CT molecular complexity index is 566. The van der Waals surface area contributed by atoms with E-state index in [0.29, 0.717) is 17.8 Å². The molecule has 0 radical (unpaired) electrons. The maximum absolute atomic E-state index is 12.0. The van der Waals surface area contributed by atoms with Gasteiger partial charge in [0, 0.05) is 21.9 Å². The number of aromatic amines is 1. The fraction of sp³-hybridized carbons (Fsp3) is 0.167. The summed E-state index contributed by atoms with van der Waals surface area (Å²) in [5, 5.41) is 9.41. The van der Waals surface area contributed by atoms with Crippen LogP contribution < -0.4 is 11.1 Å². The first-order valence-corrected chi connectivity index (χ1v) is 6.19. The molecular formula is C12H13BrN4O. The molecule has 0 atom stereocenters. The molecule has 94 valence electrons. The van der Waals surface area contributed by atoms with E-state index >= 15 is 0 Å². The lowest BCUT2D eigenvalue weighted by Gasteiger charge is -2.09. The molecule has 1 amide bonds. The zero-order chi connectivity index (χ0) is 13.1. The van der Waals surface area contributed by atoms with Crippen LogP contribution in [0.3, 0.4) is 0 Å². The lowest BCUT2D eigenvalue weighted by Crippen LogP contribution is -2.24. The van der Waals surface area contributed by atoms with Crippen LogP contribution in [0.25, 0.3) is 0 Å². The quantitative estimate of drug-likeness (QED) is 0.758. The van der Waals surface area contributed by atoms with Gasteiger partial charge >= 0.3 is 0 Å². The van der Waals surface area contributed by atoms with Crippen molar-refractivity contribution < 1.29 is 4.79 Å². The zero-order valence-corrected chi connectivity index (χ0v) is 11.4. The van der Waals surface area contributed by atoms with Crippen molar-refractivity contribution in [3.63, 3.8) is 0 Å². The SMILES string of the molecule is Cc1c(N)cc(Br)cc1C(=O)NCc1ccn[nH]1. The van der Waals surface area contributed by atoms with E-state index in [-0.39, 0.29) is 5.91 Å². The largest absolute Gasteiger partial charge is 0.398 e. The molecule has 1 aromatic carbocycles. The van der Waals surface area contributed by atoms with Crippen LogP contribution in [0.2, 0.25) is 0 Å². The monoisotopic (exact) mass is 308 g/mol. The lowest BCUT2D eigenvalue weighted by atomic mass is 10.1. The third-order valence-corrected chi connectivity index (χ3v) is 3.11. The molecule has 0 unspecified atom stereocenters. The van der Waals surface area contributed by atoms with Crippen molar-refractivity contribution >= 4 is 27.5 Å². The Morgan fingerprint density at radius 3 is 3.00 bits per heavy atom. The first-order chi connectivity index (χ1) is 8.58. The molecule has 0 saturated carbocycles. The predicted molar refractivity (Wildman–Crippen MR) is 73.0 cm³/mol. The molecule has 0 aliphatic rings. The highest BCUT2D eigenvalue weighted by Gasteiger charge is 2.12. The molecule has 6 heteroatoms. The number of anilines is 1. The van der Waals surface area contributed by atoms with E-state index in [1.807, 2.05) is 13.0 Å². The summed E-state index contributed by atoms with van der Waals surface area (Å²) >= 11 is 3.33. The van der Waals surface area contributed by atoms with E-state index in [0.717, 1.165) is 15.7 Å². The number of nitrogen functional groups attached to an aromatic ring is 1. The van der Waals surface area contributed by atoms with E-state index < -0.39 is 0 Å². The standard InChI is InChI=1S/C12H13BrN4O/c1-7-10(4-8(13)5-11(7)14)12(18)15-6-9-2-3-16-17-9/h2-5H,6,14H2,1H3,(H,15,18)(H,16,17). The van der Waals surface area contributed by atoms with E-state index in [2.05, 4.69) is 31.4 Å². The minimum atomic E-state index is -0.157. The predicted octanol–water partition coefficient (Wildman–Crippen LogP) is 1.99. The van der Waals surface area contributed by atoms with Crippen LogP contribution in [-0.2, 0) is 6.54 Å². The molecule has 0 spiro atoms. The summed E-state index contributed by atoms with van der Waals surface area (Å²) in [5.41, 5.74) is 8.62. The molecule has 4 N–H and O–H groups in total. The highest BCUT2D eigenvalue weighted by molar-refractivity contribution is 9.10.